The van der Waals surface area contributed by atoms with Crippen LogP contribution in [0, 0.1) is 17.8 Å². The lowest BCUT2D eigenvalue weighted by molar-refractivity contribution is -0.130. The maximum atomic E-state index is 13.8. The number of thiazole rings is 1. The van der Waals surface area contributed by atoms with Crippen LogP contribution < -0.4 is 5.32 Å². The van der Waals surface area contributed by atoms with E-state index in [1.807, 2.05) is 6.92 Å². The van der Waals surface area contributed by atoms with Crippen molar-refractivity contribution >= 4 is 39.0 Å². The molecule has 1 aliphatic heterocycles. The van der Waals surface area contributed by atoms with E-state index in [-0.39, 0.29) is 24.2 Å². The van der Waals surface area contributed by atoms with Crippen molar-refractivity contribution in [3.63, 3.8) is 0 Å². The third-order valence-electron chi connectivity index (χ3n) is 9.42. The number of benzene rings is 1. The summed E-state index contributed by atoms with van der Waals surface area (Å²) in [6, 6.07) is 6.39. The van der Waals surface area contributed by atoms with Gasteiger partial charge in [-0.1, -0.05) is 46.1 Å². The number of likely N-dealkylation sites (tertiary alicyclic amines) is 1. The van der Waals surface area contributed by atoms with Crippen LogP contribution in [0.1, 0.15) is 114 Å². The highest BCUT2D eigenvalue weighted by Gasteiger charge is 2.30. The van der Waals surface area contributed by atoms with E-state index in [9.17, 15) is 14.4 Å². The second-order valence-electron chi connectivity index (χ2n) is 13.0. The third kappa shape index (κ3) is 9.44. The van der Waals surface area contributed by atoms with Crippen molar-refractivity contribution < 1.29 is 14.4 Å². The van der Waals surface area contributed by atoms with Crippen LogP contribution in [0.3, 0.4) is 0 Å². The van der Waals surface area contributed by atoms with Gasteiger partial charge >= 0.3 is 0 Å². The molecule has 1 aliphatic carbocycles. The smallest absolute Gasteiger partial charge is 0.224 e. The zero-order valence-electron chi connectivity index (χ0n) is 25.8. The first-order valence-corrected chi connectivity index (χ1v) is 16.9. The summed E-state index contributed by atoms with van der Waals surface area (Å²) in [4.78, 5) is 46.6. The van der Waals surface area contributed by atoms with Crippen molar-refractivity contribution in [2.24, 2.45) is 17.8 Å². The fourth-order valence-corrected chi connectivity index (χ4v) is 7.69. The molecule has 0 radical (unpaired) electrons. The first kappa shape index (κ1) is 31.8. The van der Waals surface area contributed by atoms with Crippen LogP contribution in [-0.4, -0.2) is 53.5 Å². The largest absolute Gasteiger partial charge is 0.353 e. The van der Waals surface area contributed by atoms with E-state index in [1.165, 1.54) is 24.8 Å². The summed E-state index contributed by atoms with van der Waals surface area (Å²) in [5.74, 6) is 1.30. The van der Waals surface area contributed by atoms with Gasteiger partial charge in [0, 0.05) is 38.1 Å². The Morgan fingerprint density at radius 2 is 1.78 bits per heavy atom. The number of rotatable bonds is 14. The van der Waals surface area contributed by atoms with Crippen molar-refractivity contribution in [1.82, 2.24) is 15.2 Å². The van der Waals surface area contributed by atoms with Crippen LogP contribution in [0.2, 0.25) is 0 Å². The normalized spacial score (nSPS) is 19.0. The molecule has 0 bridgehead atoms. The molecule has 0 unspecified atom stereocenters. The van der Waals surface area contributed by atoms with Gasteiger partial charge in [-0.15, -0.1) is 11.3 Å². The second kappa shape index (κ2) is 15.4. The van der Waals surface area contributed by atoms with Gasteiger partial charge < -0.3 is 10.2 Å². The number of hydrogen-bond donors (Lipinski definition) is 1. The number of aromatic nitrogens is 1. The maximum absolute atomic E-state index is 13.8. The van der Waals surface area contributed by atoms with Crippen molar-refractivity contribution in [3.05, 3.63) is 28.8 Å². The Kier molecular flexibility index (Phi) is 11.9. The number of carbonyl (C=O) groups is 3. The molecule has 2 atom stereocenters. The number of fused-ring (bicyclic) bond motifs is 1. The van der Waals surface area contributed by atoms with Crippen molar-refractivity contribution in [3.8, 4) is 0 Å². The minimum absolute atomic E-state index is 0.00700. The van der Waals surface area contributed by atoms with Gasteiger partial charge in [0.15, 0.2) is 0 Å². The molecular weight excluding hydrogens is 530 g/mol. The fourth-order valence-electron chi connectivity index (χ4n) is 6.59. The van der Waals surface area contributed by atoms with Gasteiger partial charge in [0.05, 0.1) is 21.1 Å². The van der Waals surface area contributed by atoms with E-state index in [2.05, 4.69) is 49.3 Å². The number of nitrogens with one attached hydrogen (secondary N) is 1. The number of carbonyl (C=O) groups excluding carboxylic acids is 3. The number of amides is 1. The van der Waals surface area contributed by atoms with Crippen molar-refractivity contribution in [2.45, 2.75) is 116 Å². The molecule has 1 aromatic heterocycles. The number of nitrogens with zero attached hydrogens (tertiary/aromatic N) is 2. The van der Waals surface area contributed by atoms with Crippen LogP contribution >= 0.6 is 11.3 Å². The van der Waals surface area contributed by atoms with Gasteiger partial charge in [-0.3, -0.25) is 14.4 Å². The van der Waals surface area contributed by atoms with E-state index in [0.29, 0.717) is 55.6 Å². The van der Waals surface area contributed by atoms with Crippen LogP contribution in [0.15, 0.2) is 18.2 Å². The highest BCUT2D eigenvalue weighted by Crippen LogP contribution is 2.31. The summed E-state index contributed by atoms with van der Waals surface area (Å²) < 4.78 is 1.13. The molecule has 2 aliphatic rings. The van der Waals surface area contributed by atoms with Gasteiger partial charge in [0.1, 0.15) is 11.6 Å². The molecule has 1 saturated carbocycles. The van der Waals surface area contributed by atoms with E-state index >= 15 is 0 Å². The lowest BCUT2D eigenvalue weighted by Gasteiger charge is -2.32. The Labute approximate surface area is 251 Å². The molecule has 226 valence electrons. The van der Waals surface area contributed by atoms with Crippen molar-refractivity contribution in [1.29, 1.82) is 0 Å². The molecule has 2 heterocycles. The van der Waals surface area contributed by atoms with Crippen molar-refractivity contribution in [2.75, 3.05) is 20.1 Å². The second-order valence-corrected chi connectivity index (χ2v) is 14.1. The molecule has 0 spiro atoms. The van der Waals surface area contributed by atoms with Crippen LogP contribution in [-0.2, 0) is 20.8 Å². The molecule has 1 amide bonds. The minimum Gasteiger partial charge on any atom is -0.353 e. The molecule has 41 heavy (non-hydrogen) atoms. The fraction of sp³-hybridized carbons (Fsp3) is 0.706. The lowest BCUT2D eigenvalue weighted by Crippen LogP contribution is -2.45. The van der Waals surface area contributed by atoms with Gasteiger partial charge in [0.25, 0.3) is 0 Å². The Hall–Kier alpha value is -2.12. The van der Waals surface area contributed by atoms with Crippen LogP contribution in [0.4, 0.5) is 0 Å². The molecule has 4 rings (SSSR count). The number of ketones is 2. The summed E-state index contributed by atoms with van der Waals surface area (Å²) in [5, 5.41) is 4.30. The summed E-state index contributed by atoms with van der Waals surface area (Å²) in [6.07, 6.45) is 11.1. The summed E-state index contributed by atoms with van der Waals surface area (Å²) in [6.45, 7) is 8.38. The summed E-state index contributed by atoms with van der Waals surface area (Å²) in [7, 11) is 2.15. The molecule has 1 aromatic carbocycles. The quantitative estimate of drug-likeness (QED) is 0.258. The third-order valence-corrected chi connectivity index (χ3v) is 10.5. The van der Waals surface area contributed by atoms with E-state index in [0.717, 1.165) is 54.0 Å². The SMILES string of the molecule is CCC(=O)C[C@@H](Cc1nc2ccc(C(C)C)cc2s1)C(=O)N[C@H](CCC(=O)CC1CCN(C)CC1)C1CCCCC1. The maximum Gasteiger partial charge on any atom is 0.224 e. The summed E-state index contributed by atoms with van der Waals surface area (Å²) in [5.41, 5.74) is 2.24. The molecule has 1 saturated heterocycles. The Morgan fingerprint density at radius 3 is 2.46 bits per heavy atom. The average molecular weight is 582 g/mol. The van der Waals surface area contributed by atoms with E-state index in [1.54, 1.807) is 11.3 Å². The van der Waals surface area contributed by atoms with Crippen LogP contribution in [0.5, 0.6) is 0 Å². The van der Waals surface area contributed by atoms with Crippen LogP contribution in [0.25, 0.3) is 10.2 Å². The zero-order chi connectivity index (χ0) is 29.4. The predicted molar refractivity (Wildman–Crippen MR) is 168 cm³/mol. The van der Waals surface area contributed by atoms with Gasteiger partial charge in [-0.25, -0.2) is 4.98 Å². The Bertz CT molecular complexity index is 1160. The van der Waals surface area contributed by atoms with Gasteiger partial charge in [-0.2, -0.15) is 0 Å². The Morgan fingerprint density at radius 1 is 1.05 bits per heavy atom. The van der Waals surface area contributed by atoms with E-state index < -0.39 is 5.92 Å². The molecule has 2 fully saturated rings. The number of hydrogen-bond acceptors (Lipinski definition) is 6. The topological polar surface area (TPSA) is 79.4 Å². The predicted octanol–water partition coefficient (Wildman–Crippen LogP) is 7.09. The van der Waals surface area contributed by atoms with Gasteiger partial charge in [0.2, 0.25) is 5.91 Å². The van der Waals surface area contributed by atoms with E-state index in [4.69, 9.17) is 4.98 Å². The Balaban J connectivity index is 1.43. The molecule has 7 heteroatoms. The zero-order valence-corrected chi connectivity index (χ0v) is 26.6. The first-order valence-electron chi connectivity index (χ1n) is 16.1. The molecule has 6 nitrogen and oxygen atoms in total. The lowest BCUT2D eigenvalue weighted by atomic mass is 9.81. The highest BCUT2D eigenvalue weighted by atomic mass is 32.1. The monoisotopic (exact) mass is 581 g/mol. The standard InChI is InChI=1S/C34H51N3O3S/c1-5-28(38)20-27(22-33-35-31-13-11-26(23(2)3)21-32(31)41-33)34(40)36-30(25-9-7-6-8-10-25)14-12-29(39)19-24-15-17-37(4)18-16-24/h11,13,21,23-25,27,30H,5-10,12,14-20,22H2,1-4H3,(H,36,40)/t27-,30+/m0/s1. The molecule has 2 aromatic rings. The summed E-state index contributed by atoms with van der Waals surface area (Å²) >= 11 is 1.64. The average Bonchev–Trinajstić information content (AvgIpc) is 3.38. The molecular formula is C34H51N3O3S. The molecule has 1 N–H and O–H groups in total. The number of piperidine rings is 1. The number of Topliss-reactive ketones (excluding diaryl/α,β-unsaturated/α-hetero) is 2. The minimum atomic E-state index is -0.436. The van der Waals surface area contributed by atoms with Gasteiger partial charge in [-0.05, 0) is 87.7 Å². The first-order chi connectivity index (χ1) is 19.7. The highest BCUT2D eigenvalue weighted by molar-refractivity contribution is 7.18.